The van der Waals surface area contributed by atoms with E-state index in [4.69, 9.17) is 0 Å². The van der Waals surface area contributed by atoms with E-state index >= 15 is 0 Å². The average molecular weight is 234 g/mol. The molecule has 2 rings (SSSR count). The average Bonchev–Trinajstić information content (AvgIpc) is 2.20. The molecule has 4 heteroatoms. The maximum Gasteiger partial charge on any atom is 0.250 e. The van der Waals surface area contributed by atoms with E-state index in [1.54, 1.807) is 19.3 Å². The van der Waals surface area contributed by atoms with Crippen molar-refractivity contribution in [3.05, 3.63) is 28.2 Å². The Labute approximate surface area is 101 Å². The molecular weight excluding hydrogens is 216 g/mol. The highest BCUT2D eigenvalue weighted by Gasteiger charge is 2.20. The fraction of sp³-hybridized carbons (Fsp3) is 0.538. The monoisotopic (exact) mass is 234 g/mol. The molecule has 1 amide bonds. The summed E-state index contributed by atoms with van der Waals surface area (Å²) in [5.74, 6) is 0.610. The van der Waals surface area contributed by atoms with Crippen LogP contribution in [0.1, 0.15) is 31.2 Å². The molecule has 4 nitrogen and oxygen atoms in total. The predicted molar refractivity (Wildman–Crippen MR) is 67.0 cm³/mol. The molecule has 1 saturated carbocycles. The van der Waals surface area contributed by atoms with Crippen molar-refractivity contribution in [1.82, 2.24) is 4.57 Å². The molecule has 92 valence electrons. The first kappa shape index (κ1) is 11.9. The summed E-state index contributed by atoms with van der Waals surface area (Å²) in [6.07, 6.45) is 5.86. The van der Waals surface area contributed by atoms with Gasteiger partial charge < -0.3 is 9.88 Å². The Morgan fingerprint density at radius 1 is 1.53 bits per heavy atom. The van der Waals surface area contributed by atoms with Gasteiger partial charge in [-0.3, -0.25) is 9.59 Å². The summed E-state index contributed by atoms with van der Waals surface area (Å²) in [7, 11) is 1.68. The van der Waals surface area contributed by atoms with Gasteiger partial charge in [0.1, 0.15) is 0 Å². The zero-order valence-electron chi connectivity index (χ0n) is 10.3. The second-order valence-corrected chi connectivity index (χ2v) is 4.87. The summed E-state index contributed by atoms with van der Waals surface area (Å²) >= 11 is 0. The number of hydrogen-bond acceptors (Lipinski definition) is 2. The summed E-state index contributed by atoms with van der Waals surface area (Å²) in [4.78, 5) is 23.1. The smallest absolute Gasteiger partial charge is 0.250 e. The van der Waals surface area contributed by atoms with Crippen LogP contribution in [0.2, 0.25) is 0 Å². The van der Waals surface area contributed by atoms with Gasteiger partial charge in [0, 0.05) is 25.7 Å². The van der Waals surface area contributed by atoms with Crippen LogP contribution in [0.25, 0.3) is 0 Å². The van der Waals surface area contributed by atoms with E-state index in [1.807, 2.05) is 6.92 Å². The standard InChI is InChI=1S/C13H18N2O2/c1-9-6-13(17)15(2)8-11(9)14-12(16)7-10-4-3-5-10/h6,8,10H,3-5,7H2,1-2H3,(H,14,16). The fourth-order valence-corrected chi connectivity index (χ4v) is 2.02. The van der Waals surface area contributed by atoms with Crippen LogP contribution in [0.3, 0.4) is 0 Å². The molecule has 0 unspecified atom stereocenters. The van der Waals surface area contributed by atoms with Crippen molar-refractivity contribution in [2.24, 2.45) is 13.0 Å². The van der Waals surface area contributed by atoms with E-state index in [0.29, 0.717) is 12.3 Å². The predicted octanol–water partition coefficient (Wildman–Crippen LogP) is 1.82. The number of anilines is 1. The van der Waals surface area contributed by atoms with E-state index in [0.717, 1.165) is 11.3 Å². The molecule has 1 aliphatic carbocycles. The molecule has 1 fully saturated rings. The quantitative estimate of drug-likeness (QED) is 0.867. The number of nitrogens with zero attached hydrogens (tertiary/aromatic N) is 1. The molecule has 1 heterocycles. The van der Waals surface area contributed by atoms with Crippen LogP contribution >= 0.6 is 0 Å². The van der Waals surface area contributed by atoms with Gasteiger partial charge in [-0.2, -0.15) is 0 Å². The van der Waals surface area contributed by atoms with Crippen molar-refractivity contribution >= 4 is 11.6 Å². The van der Waals surface area contributed by atoms with Gasteiger partial charge in [0.15, 0.2) is 0 Å². The highest BCUT2D eigenvalue weighted by Crippen LogP contribution is 2.29. The van der Waals surface area contributed by atoms with Crippen molar-refractivity contribution in [3.63, 3.8) is 0 Å². The van der Waals surface area contributed by atoms with E-state index in [1.165, 1.54) is 23.8 Å². The number of carbonyl (C=O) groups excluding carboxylic acids is 1. The summed E-state index contributed by atoms with van der Waals surface area (Å²) in [5, 5.41) is 2.88. The molecule has 0 aromatic carbocycles. The van der Waals surface area contributed by atoms with Crippen LogP contribution in [0.5, 0.6) is 0 Å². The minimum atomic E-state index is -0.0560. The van der Waals surface area contributed by atoms with Crippen LogP contribution in [-0.4, -0.2) is 10.5 Å². The molecule has 0 bridgehead atoms. The van der Waals surface area contributed by atoms with Crippen LogP contribution in [-0.2, 0) is 11.8 Å². The van der Waals surface area contributed by atoms with Crippen molar-refractivity contribution in [3.8, 4) is 0 Å². The number of aryl methyl sites for hydroxylation is 2. The molecule has 1 aromatic heterocycles. The second-order valence-electron chi connectivity index (χ2n) is 4.87. The molecule has 17 heavy (non-hydrogen) atoms. The molecule has 1 aliphatic rings. The van der Waals surface area contributed by atoms with Gasteiger partial charge in [-0.05, 0) is 31.2 Å². The Bertz CT molecular complexity index is 487. The van der Waals surface area contributed by atoms with Gasteiger partial charge in [-0.25, -0.2) is 0 Å². The van der Waals surface area contributed by atoms with E-state index in [2.05, 4.69) is 5.32 Å². The molecule has 1 N–H and O–H groups in total. The number of carbonyl (C=O) groups is 1. The van der Waals surface area contributed by atoms with Crippen molar-refractivity contribution in [2.45, 2.75) is 32.6 Å². The minimum absolute atomic E-state index is 0.0523. The third-order valence-electron chi connectivity index (χ3n) is 3.41. The van der Waals surface area contributed by atoms with Gasteiger partial charge in [0.25, 0.3) is 5.56 Å². The SMILES string of the molecule is Cc1cc(=O)n(C)cc1NC(=O)CC1CCC1. The normalized spacial score (nSPS) is 15.4. The number of nitrogens with one attached hydrogen (secondary N) is 1. The van der Waals surface area contributed by atoms with Crippen LogP contribution in [0.15, 0.2) is 17.1 Å². The largest absolute Gasteiger partial charge is 0.325 e. The number of pyridine rings is 1. The molecule has 0 spiro atoms. The Morgan fingerprint density at radius 3 is 2.82 bits per heavy atom. The summed E-state index contributed by atoms with van der Waals surface area (Å²) in [6.45, 7) is 1.83. The van der Waals surface area contributed by atoms with E-state index in [9.17, 15) is 9.59 Å². The van der Waals surface area contributed by atoms with Gasteiger partial charge in [-0.1, -0.05) is 6.42 Å². The van der Waals surface area contributed by atoms with Crippen LogP contribution < -0.4 is 10.9 Å². The third-order valence-corrected chi connectivity index (χ3v) is 3.41. The van der Waals surface area contributed by atoms with Gasteiger partial charge in [-0.15, -0.1) is 0 Å². The Morgan fingerprint density at radius 2 is 2.24 bits per heavy atom. The zero-order chi connectivity index (χ0) is 12.4. The van der Waals surface area contributed by atoms with Crippen molar-refractivity contribution in [2.75, 3.05) is 5.32 Å². The summed E-state index contributed by atoms with van der Waals surface area (Å²) < 4.78 is 1.48. The Hall–Kier alpha value is -1.58. The molecule has 0 atom stereocenters. The lowest BCUT2D eigenvalue weighted by Gasteiger charge is -2.24. The van der Waals surface area contributed by atoms with Gasteiger partial charge in [0.2, 0.25) is 5.91 Å². The Balaban J connectivity index is 2.04. The summed E-state index contributed by atoms with van der Waals surface area (Å²) in [6, 6.07) is 1.54. The third kappa shape index (κ3) is 2.75. The van der Waals surface area contributed by atoms with Crippen LogP contribution in [0.4, 0.5) is 5.69 Å². The topological polar surface area (TPSA) is 51.1 Å². The molecule has 0 radical (unpaired) electrons. The van der Waals surface area contributed by atoms with Gasteiger partial charge in [0.05, 0.1) is 5.69 Å². The second kappa shape index (κ2) is 4.73. The first-order valence-electron chi connectivity index (χ1n) is 6.03. The number of rotatable bonds is 3. The minimum Gasteiger partial charge on any atom is -0.325 e. The lowest BCUT2D eigenvalue weighted by atomic mass is 9.83. The first-order chi connectivity index (χ1) is 8.06. The number of amides is 1. The molecule has 1 aromatic rings. The number of aromatic nitrogens is 1. The first-order valence-corrected chi connectivity index (χ1v) is 6.03. The highest BCUT2D eigenvalue weighted by atomic mass is 16.1. The van der Waals surface area contributed by atoms with Gasteiger partial charge >= 0.3 is 0 Å². The summed E-state index contributed by atoms with van der Waals surface area (Å²) in [5.41, 5.74) is 1.49. The highest BCUT2D eigenvalue weighted by molar-refractivity contribution is 5.91. The molecule has 0 aliphatic heterocycles. The maximum absolute atomic E-state index is 11.8. The number of hydrogen-bond donors (Lipinski definition) is 1. The van der Waals surface area contributed by atoms with Crippen molar-refractivity contribution < 1.29 is 4.79 Å². The fourth-order valence-electron chi connectivity index (χ4n) is 2.02. The van der Waals surface area contributed by atoms with Crippen molar-refractivity contribution in [1.29, 1.82) is 0 Å². The molecular formula is C13H18N2O2. The van der Waals surface area contributed by atoms with E-state index < -0.39 is 0 Å². The Kier molecular flexibility index (Phi) is 3.31. The zero-order valence-corrected chi connectivity index (χ0v) is 10.3. The van der Waals surface area contributed by atoms with Crippen LogP contribution in [0, 0.1) is 12.8 Å². The van der Waals surface area contributed by atoms with E-state index in [-0.39, 0.29) is 11.5 Å². The lowest BCUT2D eigenvalue weighted by Crippen LogP contribution is -2.23. The maximum atomic E-state index is 11.8. The molecule has 0 saturated heterocycles. The lowest BCUT2D eigenvalue weighted by molar-refractivity contribution is -0.117.